The molecule has 1 N–H and O–H groups in total. The number of nitrogens with one attached hydrogen (secondary N) is 1. The van der Waals surface area contributed by atoms with E-state index < -0.39 is 0 Å². The van der Waals surface area contributed by atoms with E-state index in [0.29, 0.717) is 11.5 Å². The molecule has 1 saturated heterocycles. The number of hydrogen-bond donors (Lipinski definition) is 1. The van der Waals surface area contributed by atoms with Crippen LogP contribution >= 0.6 is 11.3 Å². The van der Waals surface area contributed by atoms with Crippen molar-refractivity contribution in [2.75, 3.05) is 19.6 Å². The molecule has 136 valence electrons. The predicted octanol–water partition coefficient (Wildman–Crippen LogP) is 3.34. The summed E-state index contributed by atoms with van der Waals surface area (Å²) in [7, 11) is 0. The molecule has 0 aliphatic carbocycles. The number of hydrogen-bond acceptors (Lipinski definition) is 4. The summed E-state index contributed by atoms with van der Waals surface area (Å²) in [6.07, 6.45) is 5.88. The summed E-state index contributed by atoms with van der Waals surface area (Å²) < 4.78 is 1.84. The van der Waals surface area contributed by atoms with Crippen molar-refractivity contribution in [3.05, 3.63) is 40.3 Å². The van der Waals surface area contributed by atoms with Crippen molar-refractivity contribution < 1.29 is 4.79 Å². The first kappa shape index (κ1) is 18.1. The maximum atomic E-state index is 12.4. The molecule has 6 heteroatoms. The number of rotatable bonds is 5. The minimum Gasteiger partial charge on any atom is -0.352 e. The molecule has 0 radical (unpaired) electrons. The van der Waals surface area contributed by atoms with Crippen molar-refractivity contribution in [3.8, 4) is 0 Å². The number of aromatic nitrogens is 2. The van der Waals surface area contributed by atoms with Crippen LogP contribution in [0.3, 0.4) is 0 Å². The molecular weight excluding hydrogens is 332 g/mol. The molecule has 5 nitrogen and oxygen atoms in total. The molecule has 1 atom stereocenters. The highest BCUT2D eigenvalue weighted by molar-refractivity contribution is 7.09. The fraction of sp³-hybridized carbons (Fsp3) is 0.579. The number of carbonyl (C=O) groups is 1. The zero-order valence-corrected chi connectivity index (χ0v) is 16.2. The molecule has 0 aromatic carbocycles. The molecule has 2 aromatic rings. The lowest BCUT2D eigenvalue weighted by Crippen LogP contribution is -2.40. The van der Waals surface area contributed by atoms with E-state index in [1.54, 1.807) is 6.20 Å². The second-order valence-corrected chi connectivity index (χ2v) is 8.91. The van der Waals surface area contributed by atoms with Crippen LogP contribution in [0.25, 0.3) is 0 Å². The Bertz CT molecular complexity index is 687. The Morgan fingerprint density at radius 1 is 1.44 bits per heavy atom. The number of likely N-dealkylation sites (tertiary alicyclic amines) is 1. The van der Waals surface area contributed by atoms with Crippen LogP contribution in [0.4, 0.5) is 0 Å². The first-order valence-corrected chi connectivity index (χ1v) is 9.88. The van der Waals surface area contributed by atoms with Crippen LogP contribution in [-0.2, 0) is 12.1 Å². The van der Waals surface area contributed by atoms with Crippen molar-refractivity contribution in [2.45, 2.75) is 45.7 Å². The Kier molecular flexibility index (Phi) is 5.59. The molecule has 2 aromatic heterocycles. The van der Waals surface area contributed by atoms with Crippen LogP contribution in [-0.4, -0.2) is 40.2 Å². The summed E-state index contributed by atoms with van der Waals surface area (Å²) in [6, 6.07) is 4.31. The Balaban J connectivity index is 1.49. The van der Waals surface area contributed by atoms with Crippen LogP contribution in [0.1, 0.15) is 48.8 Å². The van der Waals surface area contributed by atoms with Gasteiger partial charge in [0.25, 0.3) is 5.91 Å². The van der Waals surface area contributed by atoms with Gasteiger partial charge in [-0.15, -0.1) is 11.3 Å². The van der Waals surface area contributed by atoms with E-state index in [0.717, 1.165) is 26.2 Å². The van der Waals surface area contributed by atoms with Gasteiger partial charge in [0.2, 0.25) is 0 Å². The van der Waals surface area contributed by atoms with E-state index in [2.05, 4.69) is 53.6 Å². The number of nitrogens with zero attached hydrogens (tertiary/aromatic N) is 3. The van der Waals surface area contributed by atoms with Gasteiger partial charge in [0.15, 0.2) is 0 Å². The SMILES string of the molecule is CC(C)(C)n1cc(C(=O)NC[C@@H]2CCCN(Cc3cccs3)C2)cn1. The maximum Gasteiger partial charge on any atom is 0.254 e. The van der Waals surface area contributed by atoms with Gasteiger partial charge in [-0.3, -0.25) is 14.4 Å². The van der Waals surface area contributed by atoms with E-state index >= 15 is 0 Å². The lowest BCUT2D eigenvalue weighted by molar-refractivity contribution is 0.0930. The summed E-state index contributed by atoms with van der Waals surface area (Å²) in [5, 5.41) is 9.54. The monoisotopic (exact) mass is 360 g/mol. The van der Waals surface area contributed by atoms with E-state index in [4.69, 9.17) is 0 Å². The van der Waals surface area contributed by atoms with Crippen LogP contribution in [0.2, 0.25) is 0 Å². The quantitative estimate of drug-likeness (QED) is 0.890. The summed E-state index contributed by atoms with van der Waals surface area (Å²) in [5.74, 6) is 0.501. The van der Waals surface area contributed by atoms with Crippen molar-refractivity contribution in [1.82, 2.24) is 20.0 Å². The zero-order chi connectivity index (χ0) is 17.9. The van der Waals surface area contributed by atoms with Crippen molar-refractivity contribution in [1.29, 1.82) is 0 Å². The molecule has 1 aliphatic rings. The lowest BCUT2D eigenvalue weighted by atomic mass is 9.98. The highest BCUT2D eigenvalue weighted by atomic mass is 32.1. The largest absolute Gasteiger partial charge is 0.352 e. The molecule has 3 heterocycles. The van der Waals surface area contributed by atoms with Crippen molar-refractivity contribution in [2.24, 2.45) is 5.92 Å². The van der Waals surface area contributed by atoms with Gasteiger partial charge in [0.1, 0.15) is 0 Å². The Morgan fingerprint density at radius 3 is 2.96 bits per heavy atom. The highest BCUT2D eigenvalue weighted by Gasteiger charge is 2.22. The number of carbonyl (C=O) groups excluding carboxylic acids is 1. The van der Waals surface area contributed by atoms with Gasteiger partial charge < -0.3 is 5.32 Å². The fourth-order valence-electron chi connectivity index (χ4n) is 3.23. The second-order valence-electron chi connectivity index (χ2n) is 7.88. The van der Waals surface area contributed by atoms with Crippen molar-refractivity contribution >= 4 is 17.2 Å². The molecule has 25 heavy (non-hydrogen) atoms. The molecule has 3 rings (SSSR count). The number of piperidine rings is 1. The second kappa shape index (κ2) is 7.70. The van der Waals surface area contributed by atoms with Crippen LogP contribution in [0.5, 0.6) is 0 Å². The van der Waals surface area contributed by atoms with Gasteiger partial charge in [-0.1, -0.05) is 6.07 Å². The summed E-state index contributed by atoms with van der Waals surface area (Å²) >= 11 is 1.82. The fourth-order valence-corrected chi connectivity index (χ4v) is 3.98. The van der Waals surface area contributed by atoms with Gasteiger partial charge in [-0.05, 0) is 57.5 Å². The average molecular weight is 361 g/mol. The Labute approximate surface area is 154 Å². The van der Waals surface area contributed by atoms with E-state index in [9.17, 15) is 4.79 Å². The Hall–Kier alpha value is -1.66. The molecular formula is C19H28N4OS. The van der Waals surface area contributed by atoms with Crippen LogP contribution in [0.15, 0.2) is 29.9 Å². The average Bonchev–Trinajstić information content (AvgIpc) is 3.24. The highest BCUT2D eigenvalue weighted by Crippen LogP contribution is 2.20. The zero-order valence-electron chi connectivity index (χ0n) is 15.4. The van der Waals surface area contributed by atoms with E-state index in [1.165, 1.54) is 17.7 Å². The molecule has 1 fully saturated rings. The summed E-state index contributed by atoms with van der Waals surface area (Å²) in [6.45, 7) is 10.2. The summed E-state index contributed by atoms with van der Waals surface area (Å²) in [4.78, 5) is 16.3. The molecule has 0 bridgehead atoms. The third kappa shape index (κ3) is 4.92. The van der Waals surface area contributed by atoms with Gasteiger partial charge in [-0.2, -0.15) is 5.10 Å². The molecule has 0 unspecified atom stereocenters. The number of thiophene rings is 1. The predicted molar refractivity (Wildman–Crippen MR) is 102 cm³/mol. The van der Waals surface area contributed by atoms with Gasteiger partial charge in [0, 0.05) is 30.7 Å². The maximum absolute atomic E-state index is 12.4. The third-order valence-electron chi connectivity index (χ3n) is 4.65. The van der Waals surface area contributed by atoms with E-state index in [1.807, 2.05) is 22.2 Å². The topological polar surface area (TPSA) is 50.2 Å². The summed E-state index contributed by atoms with van der Waals surface area (Å²) in [5.41, 5.74) is 0.533. The lowest BCUT2D eigenvalue weighted by Gasteiger charge is -2.32. The van der Waals surface area contributed by atoms with Gasteiger partial charge in [0.05, 0.1) is 17.3 Å². The van der Waals surface area contributed by atoms with Crippen LogP contribution < -0.4 is 5.32 Å². The van der Waals surface area contributed by atoms with Gasteiger partial charge >= 0.3 is 0 Å². The molecule has 1 aliphatic heterocycles. The van der Waals surface area contributed by atoms with Gasteiger partial charge in [-0.25, -0.2) is 0 Å². The molecule has 0 spiro atoms. The number of amides is 1. The minimum atomic E-state index is -0.107. The smallest absolute Gasteiger partial charge is 0.254 e. The normalized spacial score (nSPS) is 19.1. The van der Waals surface area contributed by atoms with Crippen LogP contribution in [0, 0.1) is 5.92 Å². The minimum absolute atomic E-state index is 0.0223. The molecule has 0 saturated carbocycles. The van der Waals surface area contributed by atoms with E-state index in [-0.39, 0.29) is 11.4 Å². The molecule has 1 amide bonds. The standard InChI is InChI=1S/C19H28N4OS/c1-19(2,3)23-13-16(11-21-23)18(24)20-10-15-6-4-8-22(12-15)14-17-7-5-9-25-17/h5,7,9,11,13,15H,4,6,8,10,12,14H2,1-3H3,(H,20,24)/t15-/m0/s1. The first-order valence-electron chi connectivity index (χ1n) is 9.00. The van der Waals surface area contributed by atoms with Crippen molar-refractivity contribution in [3.63, 3.8) is 0 Å². The first-order chi connectivity index (χ1) is 11.9. The Morgan fingerprint density at radius 2 is 2.28 bits per heavy atom. The third-order valence-corrected chi connectivity index (χ3v) is 5.51.